The smallest absolute Gasteiger partial charge is 0.164 e. The van der Waals surface area contributed by atoms with E-state index < -0.39 is 0 Å². The number of hydrogen-bond donors (Lipinski definition) is 0. The van der Waals surface area contributed by atoms with Gasteiger partial charge in [-0.2, -0.15) is 0 Å². The predicted octanol–water partition coefficient (Wildman–Crippen LogP) is 7.18. The second kappa shape index (κ2) is 7.49. The molecule has 6 rings (SSSR count). The Balaban J connectivity index is 1.55. The lowest BCUT2D eigenvalue weighted by molar-refractivity contribution is 0.660. The number of aromatic nitrogens is 3. The SMILES string of the molecule is CC1(C)c2ccccc2-c2cc(-c3nc(-c4ccccc4)nc(-c4ccccc4)n3)ccc21. The molecule has 1 heterocycles. The van der Waals surface area contributed by atoms with Gasteiger partial charge in [0.2, 0.25) is 0 Å². The maximum atomic E-state index is 4.89. The fraction of sp³-hybridized carbons (Fsp3) is 0.100. The molecule has 4 aromatic carbocycles. The summed E-state index contributed by atoms with van der Waals surface area (Å²) in [7, 11) is 0. The summed E-state index contributed by atoms with van der Waals surface area (Å²) in [6, 6.07) is 35.5. The lowest BCUT2D eigenvalue weighted by Gasteiger charge is -2.21. The Morgan fingerprint density at radius 2 is 0.939 bits per heavy atom. The molecule has 3 nitrogen and oxygen atoms in total. The monoisotopic (exact) mass is 425 g/mol. The predicted molar refractivity (Wildman–Crippen MR) is 134 cm³/mol. The van der Waals surface area contributed by atoms with Crippen LogP contribution in [-0.2, 0) is 5.41 Å². The summed E-state index contributed by atoms with van der Waals surface area (Å²) >= 11 is 0. The molecule has 0 amide bonds. The maximum absolute atomic E-state index is 4.89. The van der Waals surface area contributed by atoms with Crippen molar-refractivity contribution in [1.82, 2.24) is 15.0 Å². The van der Waals surface area contributed by atoms with E-state index in [4.69, 9.17) is 15.0 Å². The molecule has 33 heavy (non-hydrogen) atoms. The largest absolute Gasteiger partial charge is 0.208 e. The molecule has 1 aromatic heterocycles. The fourth-order valence-electron chi connectivity index (χ4n) is 4.80. The summed E-state index contributed by atoms with van der Waals surface area (Å²) in [4.78, 5) is 14.6. The molecular formula is C30H23N3. The molecule has 1 aliphatic rings. The zero-order valence-corrected chi connectivity index (χ0v) is 18.7. The quantitative estimate of drug-likeness (QED) is 0.307. The highest BCUT2D eigenvalue weighted by atomic mass is 15.0. The molecule has 0 aliphatic heterocycles. The van der Waals surface area contributed by atoms with Crippen molar-refractivity contribution in [3.8, 4) is 45.3 Å². The van der Waals surface area contributed by atoms with E-state index >= 15 is 0 Å². The molecule has 0 bridgehead atoms. The first-order chi connectivity index (χ1) is 16.1. The van der Waals surface area contributed by atoms with E-state index in [1.165, 1.54) is 22.3 Å². The standard InChI is InChI=1S/C30H23N3/c1-30(2)25-16-10-9-15-23(25)24-19-22(17-18-26(24)30)29-32-27(20-11-5-3-6-12-20)31-28(33-29)21-13-7-4-8-14-21/h3-19H,1-2H3. The first-order valence-electron chi connectivity index (χ1n) is 11.2. The molecule has 0 fully saturated rings. The van der Waals surface area contributed by atoms with Gasteiger partial charge in [-0.3, -0.25) is 0 Å². The molecule has 0 N–H and O–H groups in total. The highest BCUT2D eigenvalue weighted by Crippen LogP contribution is 2.49. The minimum absolute atomic E-state index is 0.0199. The number of hydrogen-bond acceptors (Lipinski definition) is 3. The van der Waals surface area contributed by atoms with Crippen LogP contribution in [-0.4, -0.2) is 15.0 Å². The van der Waals surface area contributed by atoms with Gasteiger partial charge in [-0.25, -0.2) is 15.0 Å². The summed E-state index contributed by atoms with van der Waals surface area (Å²) < 4.78 is 0. The minimum atomic E-state index is -0.0199. The number of fused-ring (bicyclic) bond motifs is 3. The van der Waals surface area contributed by atoms with E-state index in [2.05, 4.69) is 56.3 Å². The highest BCUT2D eigenvalue weighted by Gasteiger charge is 2.35. The van der Waals surface area contributed by atoms with Gasteiger partial charge >= 0.3 is 0 Å². The third-order valence-corrected chi connectivity index (χ3v) is 6.54. The average Bonchev–Trinajstić information content (AvgIpc) is 3.11. The van der Waals surface area contributed by atoms with E-state index in [1.54, 1.807) is 0 Å². The molecule has 3 heteroatoms. The molecule has 0 atom stereocenters. The van der Waals surface area contributed by atoms with E-state index in [0.717, 1.165) is 16.7 Å². The van der Waals surface area contributed by atoms with Gasteiger partial charge in [0.15, 0.2) is 17.5 Å². The first kappa shape index (κ1) is 19.6. The molecule has 1 aliphatic carbocycles. The maximum Gasteiger partial charge on any atom is 0.164 e. The van der Waals surface area contributed by atoms with Gasteiger partial charge in [-0.05, 0) is 28.3 Å². The Bertz CT molecular complexity index is 1410. The van der Waals surface area contributed by atoms with Crippen LogP contribution in [0.4, 0.5) is 0 Å². The lowest BCUT2D eigenvalue weighted by Crippen LogP contribution is -2.14. The molecule has 0 radical (unpaired) electrons. The molecule has 0 unspecified atom stereocenters. The van der Waals surface area contributed by atoms with Crippen LogP contribution in [0.1, 0.15) is 25.0 Å². The number of rotatable bonds is 3. The summed E-state index contributed by atoms with van der Waals surface area (Å²) in [5.74, 6) is 2.05. The van der Waals surface area contributed by atoms with Crippen LogP contribution in [0.25, 0.3) is 45.3 Å². The normalized spacial score (nSPS) is 13.4. The van der Waals surface area contributed by atoms with E-state index in [-0.39, 0.29) is 5.41 Å². The highest BCUT2D eigenvalue weighted by molar-refractivity contribution is 5.83. The van der Waals surface area contributed by atoms with Crippen LogP contribution in [0.5, 0.6) is 0 Å². The van der Waals surface area contributed by atoms with Crippen molar-refractivity contribution in [3.63, 3.8) is 0 Å². The minimum Gasteiger partial charge on any atom is -0.208 e. The zero-order valence-electron chi connectivity index (χ0n) is 18.7. The van der Waals surface area contributed by atoms with Crippen molar-refractivity contribution in [2.45, 2.75) is 19.3 Å². The summed E-state index contributed by atoms with van der Waals surface area (Å²) in [6.45, 7) is 4.59. The summed E-state index contributed by atoms with van der Waals surface area (Å²) in [5.41, 5.74) is 8.19. The molecule has 5 aromatic rings. The van der Waals surface area contributed by atoms with Gasteiger partial charge in [0.05, 0.1) is 0 Å². The summed E-state index contributed by atoms with van der Waals surface area (Å²) in [5, 5.41) is 0. The van der Waals surface area contributed by atoms with Crippen LogP contribution in [0, 0.1) is 0 Å². The topological polar surface area (TPSA) is 38.7 Å². The second-order valence-corrected chi connectivity index (χ2v) is 8.97. The van der Waals surface area contributed by atoms with Crippen molar-refractivity contribution in [3.05, 3.63) is 114 Å². The zero-order chi connectivity index (χ0) is 22.4. The van der Waals surface area contributed by atoms with Crippen molar-refractivity contribution < 1.29 is 0 Å². The van der Waals surface area contributed by atoms with E-state index in [1.807, 2.05) is 60.7 Å². The lowest BCUT2D eigenvalue weighted by atomic mass is 9.82. The van der Waals surface area contributed by atoms with Crippen molar-refractivity contribution >= 4 is 0 Å². The van der Waals surface area contributed by atoms with Crippen LogP contribution in [0.15, 0.2) is 103 Å². The van der Waals surface area contributed by atoms with Gasteiger partial charge in [-0.15, -0.1) is 0 Å². The third kappa shape index (κ3) is 3.25. The molecule has 0 spiro atoms. The van der Waals surface area contributed by atoms with Gasteiger partial charge < -0.3 is 0 Å². The van der Waals surface area contributed by atoms with Crippen molar-refractivity contribution in [2.75, 3.05) is 0 Å². The number of nitrogens with zero attached hydrogens (tertiary/aromatic N) is 3. The Morgan fingerprint density at radius 3 is 1.55 bits per heavy atom. The molecule has 0 saturated heterocycles. The van der Waals surface area contributed by atoms with Crippen LogP contribution in [0.3, 0.4) is 0 Å². The van der Waals surface area contributed by atoms with Gasteiger partial charge in [0, 0.05) is 22.1 Å². The Morgan fingerprint density at radius 1 is 0.455 bits per heavy atom. The van der Waals surface area contributed by atoms with Crippen molar-refractivity contribution in [1.29, 1.82) is 0 Å². The third-order valence-electron chi connectivity index (χ3n) is 6.54. The second-order valence-electron chi connectivity index (χ2n) is 8.97. The Hall–Kier alpha value is -4.11. The van der Waals surface area contributed by atoms with Gasteiger partial charge in [0.25, 0.3) is 0 Å². The number of benzene rings is 4. The Kier molecular flexibility index (Phi) is 4.44. The van der Waals surface area contributed by atoms with Crippen LogP contribution < -0.4 is 0 Å². The average molecular weight is 426 g/mol. The summed E-state index contributed by atoms with van der Waals surface area (Å²) in [6.07, 6.45) is 0. The van der Waals surface area contributed by atoms with E-state index in [0.29, 0.717) is 17.5 Å². The van der Waals surface area contributed by atoms with Crippen molar-refractivity contribution in [2.24, 2.45) is 0 Å². The molecule has 0 saturated carbocycles. The van der Waals surface area contributed by atoms with Gasteiger partial charge in [-0.1, -0.05) is 111 Å². The fourth-order valence-corrected chi connectivity index (χ4v) is 4.80. The molecule has 158 valence electrons. The van der Waals surface area contributed by atoms with Gasteiger partial charge in [0.1, 0.15) is 0 Å². The Labute approximate surface area is 193 Å². The van der Waals surface area contributed by atoms with E-state index in [9.17, 15) is 0 Å². The molecular weight excluding hydrogens is 402 g/mol. The van der Waals surface area contributed by atoms with Crippen LogP contribution >= 0.6 is 0 Å². The van der Waals surface area contributed by atoms with Crippen LogP contribution in [0.2, 0.25) is 0 Å². The first-order valence-corrected chi connectivity index (χ1v) is 11.2.